The van der Waals surface area contributed by atoms with Crippen molar-refractivity contribution in [1.82, 2.24) is 0 Å². The van der Waals surface area contributed by atoms with Gasteiger partial charge in [0.2, 0.25) is 0 Å². The second-order valence-corrected chi connectivity index (χ2v) is 5.27. The van der Waals surface area contributed by atoms with E-state index in [-0.39, 0.29) is 4.83 Å². The maximum Gasteiger partial charge on any atom is 0.101 e. The van der Waals surface area contributed by atoms with E-state index in [1.165, 1.54) is 0 Å². The molecular weight excluding hydrogens is 287 g/mol. The largest absolute Gasteiger partial charge is 0.469 e. The Labute approximate surface area is 109 Å². The lowest BCUT2D eigenvalue weighted by Crippen LogP contribution is -1.94. The SMILES string of the molecule is Cc1cc(C(Br)Cc2ccccc2Cl)co1. The lowest BCUT2D eigenvalue weighted by molar-refractivity contribution is 0.531. The minimum absolute atomic E-state index is 0.241. The van der Waals surface area contributed by atoms with E-state index in [4.69, 9.17) is 16.0 Å². The Balaban J connectivity index is 2.13. The molecule has 0 aliphatic carbocycles. The zero-order valence-electron chi connectivity index (χ0n) is 8.91. The first-order valence-corrected chi connectivity index (χ1v) is 6.38. The number of halogens is 2. The Morgan fingerprint density at radius 3 is 2.75 bits per heavy atom. The summed E-state index contributed by atoms with van der Waals surface area (Å²) in [5, 5.41) is 0.812. The molecular formula is C13H12BrClO. The van der Waals surface area contributed by atoms with Gasteiger partial charge in [-0.2, -0.15) is 0 Å². The van der Waals surface area contributed by atoms with Crippen LogP contribution in [-0.4, -0.2) is 0 Å². The van der Waals surface area contributed by atoms with Crippen LogP contribution in [0, 0.1) is 6.92 Å². The van der Waals surface area contributed by atoms with Crippen molar-refractivity contribution in [1.29, 1.82) is 0 Å². The topological polar surface area (TPSA) is 13.1 Å². The van der Waals surface area contributed by atoms with Crippen molar-refractivity contribution in [3.05, 3.63) is 58.5 Å². The predicted molar refractivity (Wildman–Crippen MR) is 70.3 cm³/mol. The first-order chi connectivity index (χ1) is 7.66. The molecule has 1 atom stereocenters. The molecule has 0 radical (unpaired) electrons. The first kappa shape index (κ1) is 11.7. The summed E-state index contributed by atoms with van der Waals surface area (Å²) in [6, 6.07) is 9.94. The van der Waals surface area contributed by atoms with Crippen LogP contribution in [0.2, 0.25) is 5.02 Å². The van der Waals surface area contributed by atoms with E-state index in [2.05, 4.69) is 15.9 Å². The predicted octanol–water partition coefficient (Wildman–Crippen LogP) is 4.92. The smallest absolute Gasteiger partial charge is 0.101 e. The molecule has 1 heterocycles. The Morgan fingerprint density at radius 1 is 1.38 bits per heavy atom. The average Bonchev–Trinajstić information content (AvgIpc) is 2.68. The number of alkyl halides is 1. The quantitative estimate of drug-likeness (QED) is 0.733. The fourth-order valence-corrected chi connectivity index (χ4v) is 2.40. The highest BCUT2D eigenvalue weighted by atomic mass is 79.9. The molecule has 0 saturated heterocycles. The van der Waals surface area contributed by atoms with Crippen molar-refractivity contribution < 1.29 is 4.42 Å². The Kier molecular flexibility index (Phi) is 3.72. The number of hydrogen-bond acceptors (Lipinski definition) is 1. The summed E-state index contributed by atoms with van der Waals surface area (Å²) in [7, 11) is 0. The molecule has 0 aliphatic heterocycles. The fraction of sp³-hybridized carbons (Fsp3) is 0.231. The Bertz CT molecular complexity index is 478. The van der Waals surface area contributed by atoms with Gasteiger partial charge in [-0.3, -0.25) is 0 Å². The van der Waals surface area contributed by atoms with Gasteiger partial charge in [-0.25, -0.2) is 0 Å². The molecule has 0 bridgehead atoms. The van der Waals surface area contributed by atoms with Crippen molar-refractivity contribution in [2.45, 2.75) is 18.2 Å². The highest BCUT2D eigenvalue weighted by molar-refractivity contribution is 9.09. The van der Waals surface area contributed by atoms with Crippen LogP contribution in [0.3, 0.4) is 0 Å². The molecule has 2 aromatic rings. The van der Waals surface area contributed by atoms with Gasteiger partial charge in [0, 0.05) is 15.4 Å². The van der Waals surface area contributed by atoms with Crippen LogP contribution in [0.15, 0.2) is 41.0 Å². The van der Waals surface area contributed by atoms with Crippen LogP contribution < -0.4 is 0 Å². The third-order valence-electron chi connectivity index (χ3n) is 2.47. The lowest BCUT2D eigenvalue weighted by Gasteiger charge is -2.08. The van der Waals surface area contributed by atoms with E-state index in [1.807, 2.05) is 37.3 Å². The van der Waals surface area contributed by atoms with E-state index in [9.17, 15) is 0 Å². The summed E-state index contributed by atoms with van der Waals surface area (Å²) in [5.74, 6) is 0.929. The summed E-state index contributed by atoms with van der Waals surface area (Å²) in [4.78, 5) is 0.241. The molecule has 0 amide bonds. The monoisotopic (exact) mass is 298 g/mol. The van der Waals surface area contributed by atoms with E-state index in [1.54, 1.807) is 6.26 Å². The highest BCUT2D eigenvalue weighted by Gasteiger charge is 2.12. The summed E-state index contributed by atoms with van der Waals surface area (Å²) >= 11 is 9.77. The van der Waals surface area contributed by atoms with Crippen LogP contribution in [0.4, 0.5) is 0 Å². The Hall–Kier alpha value is -0.730. The third-order valence-corrected chi connectivity index (χ3v) is 3.69. The van der Waals surface area contributed by atoms with Crippen LogP contribution in [0.5, 0.6) is 0 Å². The number of hydrogen-bond donors (Lipinski definition) is 0. The summed E-state index contributed by atoms with van der Waals surface area (Å²) in [6.07, 6.45) is 2.64. The third kappa shape index (κ3) is 2.69. The standard InChI is InChI=1S/C13H12BrClO/c1-9-6-11(8-16-9)12(14)7-10-4-2-3-5-13(10)15/h2-6,8,12H,7H2,1H3. The number of benzene rings is 1. The molecule has 16 heavy (non-hydrogen) atoms. The molecule has 1 aromatic heterocycles. The minimum Gasteiger partial charge on any atom is -0.469 e. The van der Waals surface area contributed by atoms with Crippen LogP contribution in [0.25, 0.3) is 0 Å². The molecule has 1 unspecified atom stereocenters. The van der Waals surface area contributed by atoms with Crippen molar-refractivity contribution in [3.8, 4) is 0 Å². The van der Waals surface area contributed by atoms with Gasteiger partial charge in [0.15, 0.2) is 0 Å². The van der Waals surface area contributed by atoms with E-state index >= 15 is 0 Å². The van der Waals surface area contributed by atoms with Crippen molar-refractivity contribution >= 4 is 27.5 Å². The van der Waals surface area contributed by atoms with Crippen LogP contribution >= 0.6 is 27.5 Å². The maximum absolute atomic E-state index is 6.12. The van der Waals surface area contributed by atoms with Crippen molar-refractivity contribution in [3.63, 3.8) is 0 Å². The molecule has 0 fully saturated rings. The molecule has 0 saturated carbocycles. The summed E-state index contributed by atoms with van der Waals surface area (Å²) < 4.78 is 5.29. The van der Waals surface area contributed by atoms with Gasteiger partial charge < -0.3 is 4.42 Å². The number of rotatable bonds is 3. The zero-order chi connectivity index (χ0) is 11.5. The summed E-state index contributed by atoms with van der Waals surface area (Å²) in [5.41, 5.74) is 2.29. The fourth-order valence-electron chi connectivity index (χ4n) is 1.60. The number of furan rings is 1. The average molecular weight is 300 g/mol. The maximum atomic E-state index is 6.12. The molecule has 1 nitrogen and oxygen atoms in total. The molecule has 0 N–H and O–H groups in total. The van der Waals surface area contributed by atoms with Gasteiger partial charge in [0.25, 0.3) is 0 Å². The molecule has 0 spiro atoms. The van der Waals surface area contributed by atoms with Crippen molar-refractivity contribution in [2.75, 3.05) is 0 Å². The second-order valence-electron chi connectivity index (χ2n) is 3.75. The van der Waals surface area contributed by atoms with Gasteiger partial charge in [0.1, 0.15) is 5.76 Å². The van der Waals surface area contributed by atoms with Gasteiger partial charge in [-0.05, 0) is 31.0 Å². The van der Waals surface area contributed by atoms with Gasteiger partial charge >= 0.3 is 0 Å². The second kappa shape index (κ2) is 5.07. The van der Waals surface area contributed by atoms with E-state index in [0.29, 0.717) is 0 Å². The number of aryl methyl sites for hydroxylation is 1. The summed E-state index contributed by atoms with van der Waals surface area (Å²) in [6.45, 7) is 1.94. The lowest BCUT2D eigenvalue weighted by atomic mass is 10.1. The normalized spacial score (nSPS) is 12.7. The molecule has 3 heteroatoms. The molecule has 84 valence electrons. The van der Waals surface area contributed by atoms with Crippen molar-refractivity contribution in [2.24, 2.45) is 0 Å². The van der Waals surface area contributed by atoms with Gasteiger partial charge in [-0.1, -0.05) is 45.7 Å². The molecule has 0 aliphatic rings. The van der Waals surface area contributed by atoms with Gasteiger partial charge in [-0.15, -0.1) is 0 Å². The first-order valence-electron chi connectivity index (χ1n) is 5.09. The van der Waals surface area contributed by atoms with E-state index in [0.717, 1.165) is 28.3 Å². The zero-order valence-corrected chi connectivity index (χ0v) is 11.3. The molecule has 2 rings (SSSR count). The van der Waals surface area contributed by atoms with E-state index < -0.39 is 0 Å². The highest BCUT2D eigenvalue weighted by Crippen LogP contribution is 2.30. The van der Waals surface area contributed by atoms with Crippen LogP contribution in [-0.2, 0) is 6.42 Å². The minimum atomic E-state index is 0.241. The molecule has 1 aromatic carbocycles. The van der Waals surface area contributed by atoms with Crippen LogP contribution in [0.1, 0.15) is 21.7 Å². The Morgan fingerprint density at radius 2 is 2.12 bits per heavy atom. The van der Waals surface area contributed by atoms with Gasteiger partial charge in [0.05, 0.1) is 6.26 Å².